The molecular weight excluding hydrogens is 244 g/mol. The molecule has 0 aliphatic carbocycles. The van der Waals surface area contributed by atoms with Crippen LogP contribution >= 0.6 is 0 Å². The largest absolute Gasteiger partial charge is 0.495 e. The van der Waals surface area contributed by atoms with Crippen LogP contribution < -0.4 is 10.1 Å². The third-order valence-corrected chi connectivity index (χ3v) is 3.21. The average molecular weight is 262 g/mol. The lowest BCUT2D eigenvalue weighted by molar-refractivity contribution is -0.136. The number of hydrogen-bond donors (Lipinski definition) is 1. The molecule has 0 bridgehead atoms. The Labute approximate surface area is 113 Å². The van der Waals surface area contributed by atoms with Crippen molar-refractivity contribution in [1.29, 1.82) is 5.26 Å². The van der Waals surface area contributed by atoms with E-state index in [2.05, 4.69) is 5.32 Å². The van der Waals surface area contributed by atoms with Gasteiger partial charge in [-0.15, -0.1) is 0 Å². The molecular formula is C14H18N2O3. The summed E-state index contributed by atoms with van der Waals surface area (Å²) in [6.07, 6.45) is 0.520. The topological polar surface area (TPSA) is 71.3 Å². The first-order valence-electron chi connectivity index (χ1n) is 5.96. The first kappa shape index (κ1) is 15.0. The Morgan fingerprint density at radius 1 is 1.47 bits per heavy atom. The fourth-order valence-corrected chi connectivity index (χ4v) is 1.57. The van der Waals surface area contributed by atoms with E-state index < -0.39 is 5.60 Å². The predicted octanol–water partition coefficient (Wildman–Crippen LogP) is 2.32. The lowest BCUT2D eigenvalue weighted by Gasteiger charge is -2.25. The quantitative estimate of drug-likeness (QED) is 0.884. The molecule has 0 fully saturated rings. The van der Waals surface area contributed by atoms with Crippen molar-refractivity contribution in [3.05, 3.63) is 23.8 Å². The molecule has 5 nitrogen and oxygen atoms in total. The van der Waals surface area contributed by atoms with Crippen LogP contribution in [0.3, 0.4) is 0 Å². The highest BCUT2D eigenvalue weighted by atomic mass is 16.5. The second kappa shape index (κ2) is 6.21. The van der Waals surface area contributed by atoms with E-state index in [1.165, 1.54) is 14.2 Å². The lowest BCUT2D eigenvalue weighted by atomic mass is 10.0. The third kappa shape index (κ3) is 3.04. The number of nitriles is 1. The number of nitrogens with zero attached hydrogens (tertiary/aromatic N) is 1. The minimum atomic E-state index is -0.937. The van der Waals surface area contributed by atoms with E-state index in [0.717, 1.165) is 0 Å². The zero-order valence-corrected chi connectivity index (χ0v) is 11.6. The number of carbonyl (C=O) groups excluding carboxylic acids is 1. The van der Waals surface area contributed by atoms with Crippen LogP contribution in [0.1, 0.15) is 25.8 Å². The molecule has 19 heavy (non-hydrogen) atoms. The predicted molar refractivity (Wildman–Crippen MR) is 72.0 cm³/mol. The zero-order valence-electron chi connectivity index (χ0n) is 11.6. The van der Waals surface area contributed by atoms with Crippen molar-refractivity contribution >= 4 is 11.6 Å². The van der Waals surface area contributed by atoms with E-state index in [0.29, 0.717) is 23.4 Å². The summed E-state index contributed by atoms with van der Waals surface area (Å²) < 4.78 is 10.4. The van der Waals surface area contributed by atoms with Gasteiger partial charge in [-0.2, -0.15) is 5.26 Å². The van der Waals surface area contributed by atoms with E-state index in [1.807, 2.05) is 13.0 Å². The molecule has 0 radical (unpaired) electrons. The van der Waals surface area contributed by atoms with Crippen molar-refractivity contribution in [2.75, 3.05) is 19.5 Å². The van der Waals surface area contributed by atoms with Gasteiger partial charge in [0.2, 0.25) is 0 Å². The van der Waals surface area contributed by atoms with Crippen LogP contribution in [0.5, 0.6) is 5.75 Å². The number of methoxy groups -OCH3 is 2. The molecule has 1 unspecified atom stereocenters. The number of rotatable bonds is 5. The number of para-hydroxylation sites is 1. The molecule has 5 heteroatoms. The van der Waals surface area contributed by atoms with E-state index in [-0.39, 0.29) is 5.91 Å². The first-order chi connectivity index (χ1) is 9.02. The molecule has 0 saturated heterocycles. The fourth-order valence-electron chi connectivity index (χ4n) is 1.57. The molecule has 1 aromatic rings. The number of hydrogen-bond acceptors (Lipinski definition) is 4. The van der Waals surface area contributed by atoms with Gasteiger partial charge in [-0.3, -0.25) is 4.79 Å². The Bertz CT molecular complexity index is 502. The maximum absolute atomic E-state index is 12.2. The average Bonchev–Trinajstić information content (AvgIpc) is 2.46. The molecule has 1 N–H and O–H groups in total. The fraction of sp³-hybridized carbons (Fsp3) is 0.429. The Kier molecular flexibility index (Phi) is 4.90. The Hall–Kier alpha value is -2.06. The van der Waals surface area contributed by atoms with E-state index in [9.17, 15) is 4.79 Å². The van der Waals surface area contributed by atoms with Gasteiger partial charge in [-0.05, 0) is 25.5 Å². The summed E-state index contributed by atoms with van der Waals surface area (Å²) in [5, 5.41) is 11.8. The summed E-state index contributed by atoms with van der Waals surface area (Å²) in [6.45, 7) is 3.56. The van der Waals surface area contributed by atoms with Gasteiger partial charge in [-0.25, -0.2) is 0 Å². The second-order valence-corrected chi connectivity index (χ2v) is 4.24. The van der Waals surface area contributed by atoms with Gasteiger partial charge in [0.1, 0.15) is 23.1 Å². The molecule has 1 atom stereocenters. The van der Waals surface area contributed by atoms with Gasteiger partial charge in [0, 0.05) is 7.11 Å². The lowest BCUT2D eigenvalue weighted by Crippen LogP contribution is -2.41. The van der Waals surface area contributed by atoms with E-state index in [1.54, 1.807) is 25.1 Å². The number of benzene rings is 1. The van der Waals surface area contributed by atoms with Crippen LogP contribution in [0, 0.1) is 11.3 Å². The molecule has 0 saturated carbocycles. The molecule has 0 aliphatic rings. The van der Waals surface area contributed by atoms with Crippen LogP contribution in [-0.4, -0.2) is 25.7 Å². The van der Waals surface area contributed by atoms with Crippen molar-refractivity contribution in [2.24, 2.45) is 0 Å². The van der Waals surface area contributed by atoms with Crippen LogP contribution in [0.2, 0.25) is 0 Å². The Morgan fingerprint density at radius 3 is 2.63 bits per heavy atom. The molecule has 0 aliphatic heterocycles. The highest BCUT2D eigenvalue weighted by Crippen LogP contribution is 2.29. The minimum Gasteiger partial charge on any atom is -0.495 e. The van der Waals surface area contributed by atoms with Crippen molar-refractivity contribution in [3.63, 3.8) is 0 Å². The Balaban J connectivity index is 3.13. The first-order valence-corrected chi connectivity index (χ1v) is 5.96. The summed E-state index contributed by atoms with van der Waals surface area (Å²) in [7, 11) is 2.97. The monoisotopic (exact) mass is 262 g/mol. The smallest absolute Gasteiger partial charge is 0.256 e. The molecule has 0 aromatic heterocycles. The second-order valence-electron chi connectivity index (χ2n) is 4.24. The van der Waals surface area contributed by atoms with Crippen molar-refractivity contribution in [2.45, 2.75) is 25.9 Å². The summed E-state index contributed by atoms with van der Waals surface area (Å²) >= 11 is 0. The molecule has 102 valence electrons. The zero-order chi connectivity index (χ0) is 14.5. The number of anilines is 1. The molecule has 1 amide bonds. The Morgan fingerprint density at radius 2 is 2.16 bits per heavy atom. The summed E-state index contributed by atoms with van der Waals surface area (Å²) in [5.74, 6) is 0.139. The SMILES string of the molecule is CCC(C)(OC)C(=O)Nc1c(C#N)cccc1OC. The molecule has 1 aromatic carbocycles. The molecule has 1 rings (SSSR count). The number of carbonyl (C=O) groups is 1. The maximum atomic E-state index is 12.2. The summed E-state index contributed by atoms with van der Waals surface area (Å²) in [5.41, 5.74) is -0.218. The summed E-state index contributed by atoms with van der Waals surface area (Å²) in [4.78, 5) is 12.2. The number of ether oxygens (including phenoxy) is 2. The normalized spacial score (nSPS) is 13.2. The van der Waals surface area contributed by atoms with Crippen LogP contribution in [0.25, 0.3) is 0 Å². The van der Waals surface area contributed by atoms with E-state index >= 15 is 0 Å². The van der Waals surface area contributed by atoms with Gasteiger partial charge in [0.15, 0.2) is 0 Å². The van der Waals surface area contributed by atoms with Crippen molar-refractivity contribution in [3.8, 4) is 11.8 Å². The van der Waals surface area contributed by atoms with Gasteiger partial charge >= 0.3 is 0 Å². The standard InChI is InChI=1S/C14H18N2O3/c1-5-14(2,19-4)13(17)16-12-10(9-15)7-6-8-11(12)18-3/h6-8H,5H2,1-4H3,(H,16,17). The van der Waals surface area contributed by atoms with Gasteiger partial charge in [0.25, 0.3) is 5.91 Å². The highest BCUT2D eigenvalue weighted by Gasteiger charge is 2.32. The van der Waals surface area contributed by atoms with Gasteiger partial charge < -0.3 is 14.8 Å². The van der Waals surface area contributed by atoms with Gasteiger partial charge in [0.05, 0.1) is 12.7 Å². The van der Waals surface area contributed by atoms with E-state index in [4.69, 9.17) is 14.7 Å². The van der Waals surface area contributed by atoms with Gasteiger partial charge in [-0.1, -0.05) is 13.0 Å². The van der Waals surface area contributed by atoms with Crippen LogP contribution in [0.4, 0.5) is 5.69 Å². The summed E-state index contributed by atoms with van der Waals surface area (Å²) in [6, 6.07) is 7.03. The third-order valence-electron chi connectivity index (χ3n) is 3.21. The number of nitrogens with one attached hydrogen (secondary N) is 1. The minimum absolute atomic E-state index is 0.307. The van der Waals surface area contributed by atoms with Crippen molar-refractivity contribution < 1.29 is 14.3 Å². The van der Waals surface area contributed by atoms with Crippen LogP contribution in [-0.2, 0) is 9.53 Å². The molecule has 0 spiro atoms. The van der Waals surface area contributed by atoms with Crippen molar-refractivity contribution in [1.82, 2.24) is 0 Å². The molecule has 0 heterocycles. The highest BCUT2D eigenvalue weighted by molar-refractivity contribution is 5.99. The number of amides is 1. The maximum Gasteiger partial charge on any atom is 0.256 e. The van der Waals surface area contributed by atoms with Crippen LogP contribution in [0.15, 0.2) is 18.2 Å².